The van der Waals surface area contributed by atoms with Crippen molar-refractivity contribution < 1.29 is 89.4 Å². The number of aliphatic hydroxyl groups is 11. The first-order valence-electron chi connectivity index (χ1n) is 41.7. The number of unbranched alkanes of at least 4 members (excludes halogenated alkanes) is 47. The number of nitrogens with one attached hydrogen (secondary N) is 1. The summed E-state index contributed by atoms with van der Waals surface area (Å²) in [7, 11) is 0. The quantitative estimate of drug-likeness (QED) is 0.0199. The Balaban J connectivity index is 1.31. The molecular formula is C82H153NO18. The number of carbonyl (C=O) groups excluding carboxylic acids is 1. The van der Waals surface area contributed by atoms with E-state index in [9.17, 15) is 61.0 Å². The smallest absolute Gasteiger partial charge is 0.220 e. The molecule has 0 aromatic carbocycles. The minimum Gasteiger partial charge on any atom is -0.394 e. The number of allylic oxidation sites excluding steroid dienone is 5. The summed E-state index contributed by atoms with van der Waals surface area (Å²) in [5.41, 5.74) is 0. The molecule has 17 atom stereocenters. The average Bonchev–Trinajstić information content (AvgIpc) is 0.789. The molecule has 594 valence electrons. The summed E-state index contributed by atoms with van der Waals surface area (Å²) >= 11 is 0. The summed E-state index contributed by atoms with van der Waals surface area (Å²) in [6.07, 6.45) is 51.5. The zero-order valence-electron chi connectivity index (χ0n) is 63.7. The molecule has 3 saturated heterocycles. The molecule has 3 heterocycles. The van der Waals surface area contributed by atoms with Gasteiger partial charge in [0.25, 0.3) is 0 Å². The number of amides is 1. The van der Waals surface area contributed by atoms with Gasteiger partial charge >= 0.3 is 0 Å². The first-order chi connectivity index (χ1) is 49.3. The fourth-order valence-corrected chi connectivity index (χ4v) is 14.2. The maximum Gasteiger partial charge on any atom is 0.220 e. The van der Waals surface area contributed by atoms with Crippen molar-refractivity contribution in [1.82, 2.24) is 5.32 Å². The largest absolute Gasteiger partial charge is 0.394 e. The summed E-state index contributed by atoms with van der Waals surface area (Å²) in [5, 5.41) is 121. The second-order valence-corrected chi connectivity index (χ2v) is 29.9. The number of ether oxygens (including phenoxy) is 6. The Bertz CT molecular complexity index is 1960. The molecule has 0 radical (unpaired) electrons. The zero-order chi connectivity index (χ0) is 73.2. The van der Waals surface area contributed by atoms with Crippen LogP contribution in [0.2, 0.25) is 0 Å². The Kier molecular flexibility index (Phi) is 58.1. The Morgan fingerprint density at radius 3 is 1.01 bits per heavy atom. The van der Waals surface area contributed by atoms with E-state index in [1.54, 1.807) is 6.08 Å². The van der Waals surface area contributed by atoms with E-state index in [0.717, 1.165) is 51.4 Å². The maximum atomic E-state index is 13.5. The molecule has 0 aliphatic carbocycles. The van der Waals surface area contributed by atoms with Gasteiger partial charge in [0.15, 0.2) is 18.9 Å². The highest BCUT2D eigenvalue weighted by Crippen LogP contribution is 2.33. The number of carbonyl (C=O) groups is 1. The third-order valence-corrected chi connectivity index (χ3v) is 20.9. The van der Waals surface area contributed by atoms with E-state index in [1.165, 1.54) is 270 Å². The van der Waals surface area contributed by atoms with Crippen molar-refractivity contribution in [2.45, 2.75) is 452 Å². The van der Waals surface area contributed by atoms with Gasteiger partial charge in [-0.15, -0.1) is 0 Å². The van der Waals surface area contributed by atoms with Gasteiger partial charge in [0.2, 0.25) is 5.91 Å². The van der Waals surface area contributed by atoms with Gasteiger partial charge in [0.05, 0.1) is 38.6 Å². The van der Waals surface area contributed by atoms with Gasteiger partial charge in [-0.05, 0) is 51.4 Å². The van der Waals surface area contributed by atoms with Crippen molar-refractivity contribution in [3.63, 3.8) is 0 Å². The summed E-state index contributed by atoms with van der Waals surface area (Å²) in [5.74, 6) is -0.268. The van der Waals surface area contributed by atoms with E-state index < -0.39 is 124 Å². The molecule has 3 fully saturated rings. The first kappa shape index (κ1) is 93.2. The van der Waals surface area contributed by atoms with Crippen molar-refractivity contribution in [2.75, 3.05) is 26.4 Å². The van der Waals surface area contributed by atoms with E-state index in [0.29, 0.717) is 6.42 Å². The molecule has 0 aromatic heterocycles. The zero-order valence-corrected chi connectivity index (χ0v) is 63.7. The predicted molar refractivity (Wildman–Crippen MR) is 402 cm³/mol. The van der Waals surface area contributed by atoms with Gasteiger partial charge < -0.3 is 89.9 Å². The molecule has 101 heavy (non-hydrogen) atoms. The van der Waals surface area contributed by atoms with E-state index in [4.69, 9.17) is 28.4 Å². The molecule has 19 heteroatoms. The second kappa shape index (κ2) is 63.0. The molecule has 3 aliphatic heterocycles. The van der Waals surface area contributed by atoms with E-state index >= 15 is 0 Å². The Labute approximate surface area is 612 Å². The van der Waals surface area contributed by atoms with Crippen molar-refractivity contribution >= 4 is 5.91 Å². The van der Waals surface area contributed by atoms with Crippen LogP contribution in [0.15, 0.2) is 36.5 Å². The average molecular weight is 1440 g/mol. The van der Waals surface area contributed by atoms with Gasteiger partial charge in [0.1, 0.15) is 73.2 Å². The molecule has 1 amide bonds. The fraction of sp³-hybridized carbons (Fsp3) is 0.915. The first-order valence-corrected chi connectivity index (χ1v) is 41.7. The van der Waals surface area contributed by atoms with E-state index in [-0.39, 0.29) is 18.9 Å². The van der Waals surface area contributed by atoms with Gasteiger partial charge in [-0.3, -0.25) is 4.79 Å². The van der Waals surface area contributed by atoms with Crippen LogP contribution in [-0.4, -0.2) is 193 Å². The lowest BCUT2D eigenvalue weighted by molar-refractivity contribution is -0.379. The van der Waals surface area contributed by atoms with Gasteiger partial charge in [-0.25, -0.2) is 0 Å². The summed E-state index contributed by atoms with van der Waals surface area (Å²) in [6.45, 7) is 1.77. The highest BCUT2D eigenvalue weighted by atomic mass is 16.8. The summed E-state index contributed by atoms with van der Waals surface area (Å²) < 4.78 is 34.5. The van der Waals surface area contributed by atoms with Gasteiger partial charge in [-0.2, -0.15) is 0 Å². The van der Waals surface area contributed by atoms with Crippen LogP contribution in [0.5, 0.6) is 0 Å². The van der Waals surface area contributed by atoms with Crippen LogP contribution in [0.1, 0.15) is 348 Å². The molecule has 17 unspecified atom stereocenters. The van der Waals surface area contributed by atoms with Crippen molar-refractivity contribution in [2.24, 2.45) is 0 Å². The third kappa shape index (κ3) is 43.0. The van der Waals surface area contributed by atoms with Crippen LogP contribution in [0.4, 0.5) is 0 Å². The summed E-state index contributed by atoms with van der Waals surface area (Å²) in [4.78, 5) is 13.5. The molecular weight excluding hydrogens is 1290 g/mol. The minimum atomic E-state index is -1.98. The molecule has 19 nitrogen and oxygen atoms in total. The molecule has 0 bridgehead atoms. The standard InChI is InChI=1S/C82H153NO18/c1-3-5-7-9-11-13-15-17-19-21-23-24-25-26-27-28-29-30-31-32-33-34-35-36-37-38-39-40-42-44-46-48-50-52-54-56-58-60-70(88)83-65(66(87)59-57-55-53-51-49-47-45-43-41-22-20-18-16-14-12-10-8-6-4-2)64-96-80-76(94)73(91)78(68(62-85)98-80)101-82-77(95)74(92)79(69(63-86)99-82)100-81-75(93)72(90)71(89)67(61-84)97-81/h15,17,21,23,57,59,65-69,71-82,84-87,89-95H,3-14,16,18-20,22,24-56,58,60-64H2,1-2H3,(H,83,88)/b17-15-,23-21-,59-57+. The highest BCUT2D eigenvalue weighted by Gasteiger charge is 2.54. The molecule has 0 aromatic rings. The van der Waals surface area contributed by atoms with Crippen LogP contribution in [0, 0.1) is 0 Å². The Morgan fingerprint density at radius 1 is 0.356 bits per heavy atom. The lowest BCUT2D eigenvalue weighted by Crippen LogP contribution is -2.66. The van der Waals surface area contributed by atoms with Crippen molar-refractivity contribution in [3.8, 4) is 0 Å². The SMILES string of the molecule is CCCCCCC/C=C\C/C=C\CCCCCCCCCCCCCCCCCCCCCCCCCCCC(=O)NC(COC1OC(CO)C(OC2OC(CO)C(OC3OC(CO)C(O)C(O)C3O)C(O)C2O)C(O)C1O)C(O)/C=C/CCCCCCCCCCCCCCCCCCC. The van der Waals surface area contributed by atoms with Gasteiger partial charge in [0, 0.05) is 6.42 Å². The number of hydrogen-bond acceptors (Lipinski definition) is 18. The summed E-state index contributed by atoms with van der Waals surface area (Å²) in [6, 6.07) is -0.972. The van der Waals surface area contributed by atoms with Crippen LogP contribution >= 0.6 is 0 Å². The molecule has 0 spiro atoms. The Morgan fingerprint density at radius 2 is 0.653 bits per heavy atom. The maximum absolute atomic E-state index is 13.5. The van der Waals surface area contributed by atoms with Crippen LogP contribution in [0.25, 0.3) is 0 Å². The van der Waals surface area contributed by atoms with E-state index in [2.05, 4.69) is 43.5 Å². The topological polar surface area (TPSA) is 307 Å². The normalized spacial score (nSPS) is 26.4. The molecule has 12 N–H and O–H groups in total. The van der Waals surface area contributed by atoms with Gasteiger partial charge in [-0.1, -0.05) is 326 Å². The van der Waals surface area contributed by atoms with Crippen LogP contribution in [-0.2, 0) is 33.2 Å². The predicted octanol–water partition coefficient (Wildman–Crippen LogP) is 14.3. The second-order valence-electron chi connectivity index (χ2n) is 29.9. The Hall–Kier alpha value is -1.99. The molecule has 0 saturated carbocycles. The lowest BCUT2D eigenvalue weighted by Gasteiger charge is -2.48. The fourth-order valence-electron chi connectivity index (χ4n) is 14.2. The van der Waals surface area contributed by atoms with Crippen LogP contribution < -0.4 is 5.32 Å². The highest BCUT2D eigenvalue weighted by molar-refractivity contribution is 5.76. The van der Waals surface area contributed by atoms with Crippen molar-refractivity contribution in [1.29, 1.82) is 0 Å². The minimum absolute atomic E-state index is 0.248. The number of hydrogen-bond donors (Lipinski definition) is 12. The number of rotatable bonds is 67. The number of aliphatic hydroxyl groups excluding tert-OH is 11. The third-order valence-electron chi connectivity index (χ3n) is 20.9. The van der Waals surface area contributed by atoms with E-state index in [1.807, 2.05) is 6.08 Å². The molecule has 3 rings (SSSR count). The van der Waals surface area contributed by atoms with Crippen LogP contribution in [0.3, 0.4) is 0 Å². The van der Waals surface area contributed by atoms with Crippen molar-refractivity contribution in [3.05, 3.63) is 36.5 Å². The lowest BCUT2D eigenvalue weighted by atomic mass is 9.96. The monoisotopic (exact) mass is 1440 g/mol. The molecule has 3 aliphatic rings.